The van der Waals surface area contributed by atoms with E-state index in [-0.39, 0.29) is 11.3 Å². The third-order valence-electron chi connectivity index (χ3n) is 2.38. The fraction of sp³-hybridized carbons (Fsp3) is 0. The third-order valence-corrected chi connectivity index (χ3v) is 2.88. The Morgan fingerprint density at radius 3 is 2.41 bits per heavy atom. The maximum atomic E-state index is 10.9. The highest BCUT2D eigenvalue weighted by atomic mass is 79.9. The van der Waals surface area contributed by atoms with Crippen LogP contribution in [-0.2, 0) is 0 Å². The van der Waals surface area contributed by atoms with Gasteiger partial charge in [-0.25, -0.2) is 4.79 Å². The summed E-state index contributed by atoms with van der Waals surface area (Å²) in [5.41, 5.74) is 1.55. The molecule has 0 spiro atoms. The minimum absolute atomic E-state index is 0.0949. The van der Waals surface area contributed by atoms with Gasteiger partial charge in [0.2, 0.25) is 0 Å². The normalized spacial score (nSPS) is 10.2. The van der Waals surface area contributed by atoms with Gasteiger partial charge in [0.15, 0.2) is 0 Å². The van der Waals surface area contributed by atoms with Gasteiger partial charge in [-0.3, -0.25) is 0 Å². The van der Waals surface area contributed by atoms with Crippen molar-refractivity contribution in [3.63, 3.8) is 0 Å². The Kier molecular flexibility index (Phi) is 3.15. The number of aromatic hydroxyl groups is 1. The average Bonchev–Trinajstić information content (AvgIpc) is 2.29. The molecule has 0 amide bonds. The van der Waals surface area contributed by atoms with Crippen molar-refractivity contribution in [1.82, 2.24) is 0 Å². The Balaban J connectivity index is 2.54. The lowest BCUT2D eigenvalue weighted by Crippen LogP contribution is -1.96. The van der Waals surface area contributed by atoms with E-state index in [0.717, 1.165) is 15.6 Å². The fourth-order valence-corrected chi connectivity index (χ4v) is 1.95. The van der Waals surface area contributed by atoms with Crippen molar-refractivity contribution in [3.05, 3.63) is 52.5 Å². The second kappa shape index (κ2) is 4.59. The summed E-state index contributed by atoms with van der Waals surface area (Å²) >= 11 is 3.36. The fourth-order valence-electron chi connectivity index (χ4n) is 1.55. The number of aromatic carboxylic acids is 1. The van der Waals surface area contributed by atoms with Gasteiger partial charge >= 0.3 is 5.97 Å². The molecule has 0 aromatic heterocycles. The van der Waals surface area contributed by atoms with Crippen LogP contribution in [0.3, 0.4) is 0 Å². The molecule has 0 aliphatic rings. The summed E-state index contributed by atoms with van der Waals surface area (Å²) in [6.07, 6.45) is 0. The lowest BCUT2D eigenvalue weighted by atomic mass is 10.0. The van der Waals surface area contributed by atoms with Crippen LogP contribution in [0.15, 0.2) is 46.9 Å². The van der Waals surface area contributed by atoms with Gasteiger partial charge in [0.05, 0.1) is 0 Å². The minimum Gasteiger partial charge on any atom is -0.507 e. The van der Waals surface area contributed by atoms with Crippen molar-refractivity contribution in [3.8, 4) is 16.9 Å². The summed E-state index contributed by atoms with van der Waals surface area (Å²) in [7, 11) is 0. The predicted molar refractivity (Wildman–Crippen MR) is 68.2 cm³/mol. The monoisotopic (exact) mass is 292 g/mol. The average molecular weight is 293 g/mol. The molecule has 2 N–H and O–H groups in total. The van der Waals surface area contributed by atoms with Crippen LogP contribution in [0.2, 0.25) is 0 Å². The summed E-state index contributed by atoms with van der Waals surface area (Å²) in [5.74, 6) is -1.37. The Bertz CT molecular complexity index is 579. The van der Waals surface area contributed by atoms with Crippen LogP contribution >= 0.6 is 15.9 Å². The quantitative estimate of drug-likeness (QED) is 0.890. The zero-order chi connectivity index (χ0) is 12.4. The highest BCUT2D eigenvalue weighted by Crippen LogP contribution is 2.27. The molecule has 0 aliphatic carbocycles. The summed E-state index contributed by atoms with van der Waals surface area (Å²) in [4.78, 5) is 10.9. The van der Waals surface area contributed by atoms with Crippen LogP contribution in [0.5, 0.6) is 5.75 Å². The molecule has 2 aromatic carbocycles. The number of carbonyl (C=O) groups is 1. The number of halogens is 1. The molecule has 0 radical (unpaired) electrons. The molecule has 86 valence electrons. The van der Waals surface area contributed by atoms with Crippen LogP contribution in [0.4, 0.5) is 0 Å². The number of phenols is 1. The van der Waals surface area contributed by atoms with Gasteiger partial charge in [-0.15, -0.1) is 0 Å². The van der Waals surface area contributed by atoms with E-state index in [1.165, 1.54) is 12.1 Å². The van der Waals surface area contributed by atoms with E-state index < -0.39 is 5.97 Å². The van der Waals surface area contributed by atoms with Crippen LogP contribution in [-0.4, -0.2) is 16.2 Å². The summed E-state index contributed by atoms with van der Waals surface area (Å²) < 4.78 is 0.917. The van der Waals surface area contributed by atoms with Crippen molar-refractivity contribution in [1.29, 1.82) is 0 Å². The first-order chi connectivity index (χ1) is 8.08. The lowest BCUT2D eigenvalue weighted by molar-refractivity contribution is 0.0694. The van der Waals surface area contributed by atoms with Crippen molar-refractivity contribution < 1.29 is 15.0 Å². The number of hydrogen-bond donors (Lipinski definition) is 2. The first-order valence-corrected chi connectivity index (χ1v) is 5.69. The second-order valence-corrected chi connectivity index (χ2v) is 4.46. The van der Waals surface area contributed by atoms with E-state index in [0.29, 0.717) is 0 Å². The summed E-state index contributed by atoms with van der Waals surface area (Å²) in [5, 5.41) is 18.3. The van der Waals surface area contributed by atoms with Crippen LogP contribution in [0.1, 0.15) is 10.4 Å². The zero-order valence-corrected chi connectivity index (χ0v) is 10.3. The third kappa shape index (κ3) is 2.47. The lowest BCUT2D eigenvalue weighted by Gasteiger charge is -2.05. The molecule has 0 heterocycles. The Labute approximate surface area is 106 Å². The predicted octanol–water partition coefficient (Wildman–Crippen LogP) is 3.52. The van der Waals surface area contributed by atoms with Crippen LogP contribution in [0.25, 0.3) is 11.1 Å². The van der Waals surface area contributed by atoms with Gasteiger partial charge in [0, 0.05) is 4.47 Å². The first kappa shape index (κ1) is 11.7. The highest BCUT2D eigenvalue weighted by Gasteiger charge is 2.10. The van der Waals surface area contributed by atoms with Gasteiger partial charge in [-0.1, -0.05) is 34.1 Å². The second-order valence-electron chi connectivity index (χ2n) is 3.55. The first-order valence-electron chi connectivity index (χ1n) is 4.90. The van der Waals surface area contributed by atoms with E-state index in [2.05, 4.69) is 15.9 Å². The van der Waals surface area contributed by atoms with Gasteiger partial charge in [0.1, 0.15) is 11.3 Å². The van der Waals surface area contributed by atoms with Crippen molar-refractivity contribution in [2.45, 2.75) is 0 Å². The SMILES string of the molecule is O=C(O)c1cc(-c2cccc(Br)c2)ccc1O. The molecule has 0 fully saturated rings. The van der Waals surface area contributed by atoms with Crippen molar-refractivity contribution in [2.75, 3.05) is 0 Å². The summed E-state index contributed by atoms with van der Waals surface area (Å²) in [6.45, 7) is 0. The van der Waals surface area contributed by atoms with Crippen LogP contribution < -0.4 is 0 Å². The van der Waals surface area contributed by atoms with E-state index in [1.54, 1.807) is 6.07 Å². The molecule has 17 heavy (non-hydrogen) atoms. The van der Waals surface area contributed by atoms with E-state index in [9.17, 15) is 9.90 Å². The molecule has 4 heteroatoms. The number of benzene rings is 2. The van der Waals surface area contributed by atoms with Crippen molar-refractivity contribution in [2.24, 2.45) is 0 Å². The molecular weight excluding hydrogens is 284 g/mol. The molecule has 2 rings (SSSR count). The molecule has 0 saturated carbocycles. The van der Waals surface area contributed by atoms with E-state index in [4.69, 9.17) is 5.11 Å². The molecule has 0 atom stereocenters. The maximum absolute atomic E-state index is 10.9. The number of hydrogen-bond acceptors (Lipinski definition) is 2. The largest absolute Gasteiger partial charge is 0.507 e. The number of carboxylic acids is 1. The molecule has 0 saturated heterocycles. The smallest absolute Gasteiger partial charge is 0.339 e. The van der Waals surface area contributed by atoms with Gasteiger partial charge in [-0.05, 0) is 35.4 Å². The van der Waals surface area contributed by atoms with E-state index in [1.807, 2.05) is 24.3 Å². The topological polar surface area (TPSA) is 57.5 Å². The number of carboxylic acid groups (broad SMARTS) is 1. The molecule has 0 unspecified atom stereocenters. The molecular formula is C13H9BrO3. The molecule has 0 aliphatic heterocycles. The van der Waals surface area contributed by atoms with E-state index >= 15 is 0 Å². The molecule has 0 bridgehead atoms. The number of rotatable bonds is 2. The Morgan fingerprint density at radius 2 is 1.76 bits per heavy atom. The molecule has 3 nitrogen and oxygen atoms in total. The molecule has 2 aromatic rings. The zero-order valence-electron chi connectivity index (χ0n) is 8.72. The standard InChI is InChI=1S/C13H9BrO3/c14-10-3-1-2-8(6-10)9-4-5-12(15)11(7-9)13(16)17/h1-7,15H,(H,16,17). The Hall–Kier alpha value is -1.81. The van der Waals surface area contributed by atoms with Gasteiger partial charge < -0.3 is 10.2 Å². The summed E-state index contributed by atoms with van der Waals surface area (Å²) in [6, 6.07) is 12.1. The van der Waals surface area contributed by atoms with Crippen molar-refractivity contribution >= 4 is 21.9 Å². The van der Waals surface area contributed by atoms with Gasteiger partial charge in [0.25, 0.3) is 0 Å². The van der Waals surface area contributed by atoms with Crippen LogP contribution in [0, 0.1) is 0 Å². The van der Waals surface area contributed by atoms with Gasteiger partial charge in [-0.2, -0.15) is 0 Å². The highest BCUT2D eigenvalue weighted by molar-refractivity contribution is 9.10. The maximum Gasteiger partial charge on any atom is 0.339 e. The Morgan fingerprint density at radius 1 is 1.06 bits per heavy atom. The minimum atomic E-state index is -1.14.